The summed E-state index contributed by atoms with van der Waals surface area (Å²) in [6, 6.07) is 15.6. The van der Waals surface area contributed by atoms with Gasteiger partial charge in [0.25, 0.3) is 5.92 Å². The van der Waals surface area contributed by atoms with Crippen LogP contribution in [0.1, 0.15) is 54.5 Å². The van der Waals surface area contributed by atoms with Crippen LogP contribution in [0.4, 0.5) is 38.1 Å². The molecule has 1 saturated heterocycles. The second kappa shape index (κ2) is 16.8. The molecule has 1 atom stereocenters. The molecule has 0 bridgehead atoms. The van der Waals surface area contributed by atoms with Crippen molar-refractivity contribution in [2.75, 3.05) is 22.6 Å². The van der Waals surface area contributed by atoms with Crippen molar-refractivity contribution >= 4 is 52.3 Å². The predicted molar refractivity (Wildman–Crippen MR) is 198 cm³/mol. The molecule has 1 N–H and O–H groups in total. The van der Waals surface area contributed by atoms with Gasteiger partial charge in [0.15, 0.2) is 11.0 Å². The van der Waals surface area contributed by atoms with Crippen LogP contribution in [0.2, 0.25) is 0 Å². The Balaban J connectivity index is 1.26. The van der Waals surface area contributed by atoms with Gasteiger partial charge >= 0.3 is 12.4 Å². The van der Waals surface area contributed by atoms with Crippen LogP contribution < -0.4 is 15.0 Å². The summed E-state index contributed by atoms with van der Waals surface area (Å²) in [6.45, 7) is 7.22. The Morgan fingerprint density at radius 3 is 2.53 bits per heavy atom. The van der Waals surface area contributed by atoms with Crippen molar-refractivity contribution in [3.05, 3.63) is 101 Å². The van der Waals surface area contributed by atoms with Crippen molar-refractivity contribution in [3.63, 3.8) is 0 Å². The fraction of sp³-hybridized carbons (Fsp3) is 0.342. The molecule has 3 aromatic carbocycles. The Morgan fingerprint density at radius 2 is 1.83 bits per heavy atom. The van der Waals surface area contributed by atoms with Gasteiger partial charge in [-0.15, -0.1) is 13.2 Å². The maximum atomic E-state index is 14.1. The van der Waals surface area contributed by atoms with Gasteiger partial charge in [-0.05, 0) is 91.8 Å². The zero-order valence-electron chi connectivity index (χ0n) is 29.3. The summed E-state index contributed by atoms with van der Waals surface area (Å²) in [6.07, 6.45) is -0.516. The highest BCUT2D eigenvalue weighted by Crippen LogP contribution is 2.32. The maximum Gasteiger partial charge on any atom is 0.573 e. The van der Waals surface area contributed by atoms with Crippen molar-refractivity contribution in [2.24, 2.45) is 15.0 Å². The number of carbonyl (C=O) groups is 2. The fourth-order valence-electron chi connectivity index (χ4n) is 5.52. The highest BCUT2D eigenvalue weighted by Gasteiger charge is 2.34. The average molecular weight is 756 g/mol. The van der Waals surface area contributed by atoms with Crippen LogP contribution in [-0.2, 0) is 29.0 Å². The molecule has 0 aromatic heterocycles. The monoisotopic (exact) mass is 755 g/mol. The number of amidine groups is 2. The van der Waals surface area contributed by atoms with Gasteiger partial charge in [-0.3, -0.25) is 14.7 Å². The highest BCUT2D eigenvalue weighted by molar-refractivity contribution is 8.15. The molecule has 0 aliphatic carbocycles. The van der Waals surface area contributed by atoms with Crippen molar-refractivity contribution in [2.45, 2.75) is 71.4 Å². The Morgan fingerprint density at radius 1 is 1.08 bits per heavy atom. The molecule has 1 unspecified atom stereocenters. The molecule has 3 amide bonds. The van der Waals surface area contributed by atoms with Gasteiger partial charge in [-0.25, -0.2) is 9.79 Å². The number of nitrogens with one attached hydrogen (secondary N) is 1. The molecule has 0 saturated carbocycles. The number of alkyl halides is 5. The number of hydrogen-bond donors (Lipinski definition) is 1. The first kappa shape index (κ1) is 39.3. The van der Waals surface area contributed by atoms with E-state index < -0.39 is 24.9 Å². The predicted octanol–water partition coefficient (Wildman–Crippen LogP) is 9.07. The third-order valence-electron chi connectivity index (χ3n) is 8.41. The Bertz CT molecular complexity index is 1950. The molecule has 15 heteroatoms. The second-order valence-corrected chi connectivity index (χ2v) is 13.5. The minimum Gasteiger partial charge on any atom is -0.406 e. The Hall–Kier alpha value is -4.89. The number of urea groups is 1. The van der Waals surface area contributed by atoms with E-state index in [9.17, 15) is 31.5 Å². The number of thioether (sulfide) groups is 1. The SMILES string of the molecule is C=C(C)C(F)(F)COCc1ccc(C)cc1N1C(=O)CS/C1=N\C(=O)Nc1ccc(C2=NC(CCc3ccc(OC(F)(F)F)cc3)CC=N2)cc1CC. The van der Waals surface area contributed by atoms with Crippen LogP contribution in [0, 0.1) is 6.92 Å². The van der Waals surface area contributed by atoms with E-state index in [1.165, 1.54) is 24.0 Å². The van der Waals surface area contributed by atoms with E-state index in [0.717, 1.165) is 34.0 Å². The first-order valence-electron chi connectivity index (χ1n) is 16.8. The number of carbonyl (C=O) groups excluding carboxylic acids is 2. The van der Waals surface area contributed by atoms with Crippen LogP contribution in [0.25, 0.3) is 0 Å². The number of hydrogen-bond acceptors (Lipinski definition) is 7. The molecule has 9 nitrogen and oxygen atoms in total. The van der Waals surface area contributed by atoms with Crippen molar-refractivity contribution in [3.8, 4) is 5.75 Å². The summed E-state index contributed by atoms with van der Waals surface area (Å²) in [5.74, 6) is -3.23. The van der Waals surface area contributed by atoms with E-state index >= 15 is 0 Å². The van der Waals surface area contributed by atoms with Gasteiger partial charge in [0, 0.05) is 29.4 Å². The van der Waals surface area contributed by atoms with E-state index in [1.807, 2.05) is 19.9 Å². The molecule has 2 aliphatic heterocycles. The van der Waals surface area contributed by atoms with E-state index in [1.54, 1.807) is 48.7 Å². The normalized spacial score (nSPS) is 16.9. The van der Waals surface area contributed by atoms with Crippen LogP contribution in [0.5, 0.6) is 5.75 Å². The Kier molecular flexibility index (Phi) is 12.5. The summed E-state index contributed by atoms with van der Waals surface area (Å²) in [4.78, 5) is 41.1. The fourth-order valence-corrected chi connectivity index (χ4v) is 6.38. The summed E-state index contributed by atoms with van der Waals surface area (Å²) in [5.41, 5.74) is 4.28. The van der Waals surface area contributed by atoms with Crippen LogP contribution >= 0.6 is 11.8 Å². The maximum absolute atomic E-state index is 14.1. The topological polar surface area (TPSA) is 105 Å². The van der Waals surface area contributed by atoms with Crippen LogP contribution in [-0.4, -0.2) is 59.8 Å². The molecular weight excluding hydrogens is 718 g/mol. The second-order valence-electron chi connectivity index (χ2n) is 12.6. The van der Waals surface area contributed by atoms with E-state index in [0.29, 0.717) is 48.5 Å². The lowest BCUT2D eigenvalue weighted by molar-refractivity contribution is -0.274. The van der Waals surface area contributed by atoms with E-state index in [2.05, 4.69) is 26.6 Å². The van der Waals surface area contributed by atoms with Crippen molar-refractivity contribution in [1.29, 1.82) is 0 Å². The zero-order chi connectivity index (χ0) is 38.3. The van der Waals surface area contributed by atoms with Gasteiger partial charge in [-0.1, -0.05) is 49.5 Å². The number of aliphatic imine (C=N–C) groups is 3. The third-order valence-corrected chi connectivity index (χ3v) is 9.34. The largest absolute Gasteiger partial charge is 0.573 e. The minimum absolute atomic E-state index is 0.0375. The van der Waals surface area contributed by atoms with Crippen molar-refractivity contribution in [1.82, 2.24) is 0 Å². The summed E-state index contributed by atoms with van der Waals surface area (Å²) in [7, 11) is 0. The molecule has 0 radical (unpaired) electrons. The Labute approximate surface area is 308 Å². The lowest BCUT2D eigenvalue weighted by atomic mass is 10.0. The zero-order valence-corrected chi connectivity index (χ0v) is 30.1. The van der Waals surface area contributed by atoms with E-state index in [-0.39, 0.29) is 40.8 Å². The number of ether oxygens (including phenoxy) is 2. The lowest BCUT2D eigenvalue weighted by Gasteiger charge is -2.22. The summed E-state index contributed by atoms with van der Waals surface area (Å²) in [5, 5.41) is 2.96. The first-order valence-corrected chi connectivity index (χ1v) is 17.7. The smallest absolute Gasteiger partial charge is 0.406 e. The summed E-state index contributed by atoms with van der Waals surface area (Å²) >= 11 is 1.09. The van der Waals surface area contributed by atoms with Gasteiger partial charge in [0.2, 0.25) is 5.91 Å². The van der Waals surface area contributed by atoms with E-state index in [4.69, 9.17) is 9.73 Å². The molecule has 0 spiro atoms. The van der Waals surface area contributed by atoms with Gasteiger partial charge in [0.1, 0.15) is 12.4 Å². The van der Waals surface area contributed by atoms with Crippen molar-refractivity contribution < 1.29 is 41.0 Å². The quantitative estimate of drug-likeness (QED) is 0.139. The average Bonchev–Trinajstić information content (AvgIpc) is 3.46. The van der Waals surface area contributed by atoms with Gasteiger partial charge in [0.05, 0.1) is 24.1 Å². The molecule has 5 rings (SSSR count). The number of aryl methyl sites for hydroxylation is 3. The van der Waals surface area contributed by atoms with Crippen LogP contribution in [0.15, 0.2) is 87.8 Å². The number of nitrogens with zero attached hydrogens (tertiary/aromatic N) is 4. The first-order chi connectivity index (χ1) is 25.1. The van der Waals surface area contributed by atoms with Gasteiger partial charge in [-0.2, -0.15) is 13.8 Å². The number of benzene rings is 3. The minimum atomic E-state index is -4.74. The molecule has 1 fully saturated rings. The van der Waals surface area contributed by atoms with Crippen LogP contribution in [0.3, 0.4) is 0 Å². The number of amides is 3. The molecule has 53 heavy (non-hydrogen) atoms. The standard InChI is InChI=1S/C38H38F5N5O4S/c1-5-26-19-27(34-44-17-16-29(45-34)12-7-25-8-13-30(14-9-25)52-38(41,42)43)11-15-31(26)46-35(50)47-36-48(33(49)21-53-36)32-18-24(4)6-10-28(32)20-51-22-37(39,40)23(2)3/h6,8-11,13-15,17-19,29H,2,5,7,12,16,20-22H2,1,3-4H3,(H,46,50)/b47-36-. The molecule has 2 heterocycles. The molecule has 280 valence electrons. The third kappa shape index (κ3) is 10.6. The summed E-state index contributed by atoms with van der Waals surface area (Å²) < 4.78 is 74.8. The molecular formula is C38H38F5N5O4S. The number of rotatable bonds is 13. The lowest BCUT2D eigenvalue weighted by Crippen LogP contribution is -2.31. The number of halogens is 5. The van der Waals surface area contributed by atoms with Gasteiger partial charge < -0.3 is 14.8 Å². The highest BCUT2D eigenvalue weighted by atomic mass is 32.2. The molecule has 3 aromatic rings. The number of anilines is 2. The molecule has 2 aliphatic rings.